The monoisotopic (exact) mass is 343 g/mol. The first-order chi connectivity index (χ1) is 10.5. The van der Waals surface area contributed by atoms with E-state index in [2.05, 4.69) is 15.6 Å². The zero-order valence-electron chi connectivity index (χ0n) is 13.4. The van der Waals surface area contributed by atoms with E-state index in [0.29, 0.717) is 5.75 Å². The van der Waals surface area contributed by atoms with Crippen molar-refractivity contribution in [3.05, 3.63) is 16.1 Å². The molecule has 1 heterocycles. The van der Waals surface area contributed by atoms with E-state index in [0.717, 1.165) is 36.4 Å². The standard InChI is InChI=1S/C15H25N3O2S2/c1-4-22(20)13-7-5-6-12(8-13)18-15(19)16-10(2)14-9-21-11(3)17-14/h9-10,12-13H,4-8H2,1-3H3,(H2,16,18,19)/t10-,12-,13+,22+/m0/s1. The number of nitrogens with one attached hydrogen (secondary N) is 2. The number of aryl methyl sites for hydroxylation is 1. The lowest BCUT2D eigenvalue weighted by Crippen LogP contribution is -2.46. The van der Waals surface area contributed by atoms with Crippen LogP contribution in [-0.4, -0.2) is 32.3 Å². The molecule has 1 fully saturated rings. The summed E-state index contributed by atoms with van der Waals surface area (Å²) >= 11 is 1.58. The highest BCUT2D eigenvalue weighted by Crippen LogP contribution is 2.23. The lowest BCUT2D eigenvalue weighted by atomic mass is 9.95. The third-order valence-corrected chi connectivity index (χ3v) is 6.58. The Morgan fingerprint density at radius 2 is 2.32 bits per heavy atom. The largest absolute Gasteiger partial charge is 0.335 e. The summed E-state index contributed by atoms with van der Waals surface area (Å²) in [6.45, 7) is 5.85. The average molecular weight is 344 g/mol. The number of aromatic nitrogens is 1. The van der Waals surface area contributed by atoms with Crippen LogP contribution in [0.5, 0.6) is 0 Å². The molecular formula is C15H25N3O2S2. The normalized spacial score (nSPS) is 24.5. The predicted molar refractivity (Wildman–Crippen MR) is 91.7 cm³/mol. The van der Waals surface area contributed by atoms with E-state index in [1.807, 2.05) is 26.2 Å². The van der Waals surface area contributed by atoms with Crippen LogP contribution in [-0.2, 0) is 10.8 Å². The molecule has 22 heavy (non-hydrogen) atoms. The first-order valence-electron chi connectivity index (χ1n) is 7.85. The van der Waals surface area contributed by atoms with Crippen molar-refractivity contribution in [1.82, 2.24) is 15.6 Å². The predicted octanol–water partition coefficient (Wildman–Crippen LogP) is 2.89. The Morgan fingerprint density at radius 1 is 1.55 bits per heavy atom. The molecule has 7 heteroatoms. The molecule has 1 aliphatic rings. The zero-order valence-corrected chi connectivity index (χ0v) is 15.1. The van der Waals surface area contributed by atoms with Gasteiger partial charge in [0, 0.05) is 33.2 Å². The SMILES string of the molecule is CC[S@@](=O)[C@@H]1CCC[C@H](NC(=O)N[C@@H](C)c2csc(C)n2)C1. The molecule has 0 aromatic carbocycles. The molecule has 2 N–H and O–H groups in total. The van der Waals surface area contributed by atoms with Crippen LogP contribution < -0.4 is 10.6 Å². The fraction of sp³-hybridized carbons (Fsp3) is 0.733. The summed E-state index contributed by atoms with van der Waals surface area (Å²) in [4.78, 5) is 16.5. The number of hydrogen-bond donors (Lipinski definition) is 2. The molecule has 0 aliphatic heterocycles. The van der Waals surface area contributed by atoms with Gasteiger partial charge in [0.05, 0.1) is 16.7 Å². The quantitative estimate of drug-likeness (QED) is 0.863. The van der Waals surface area contributed by atoms with Gasteiger partial charge in [-0.3, -0.25) is 4.21 Å². The lowest BCUT2D eigenvalue weighted by molar-refractivity contribution is 0.229. The van der Waals surface area contributed by atoms with E-state index in [-0.39, 0.29) is 23.4 Å². The summed E-state index contributed by atoms with van der Waals surface area (Å²) in [5, 5.41) is 9.16. The number of nitrogens with zero attached hydrogens (tertiary/aromatic N) is 1. The molecule has 0 radical (unpaired) electrons. The summed E-state index contributed by atoms with van der Waals surface area (Å²) in [5.41, 5.74) is 0.895. The van der Waals surface area contributed by atoms with E-state index >= 15 is 0 Å². The molecule has 0 spiro atoms. The van der Waals surface area contributed by atoms with Crippen molar-refractivity contribution >= 4 is 28.2 Å². The summed E-state index contributed by atoms with van der Waals surface area (Å²) < 4.78 is 11.9. The van der Waals surface area contributed by atoms with E-state index < -0.39 is 10.8 Å². The minimum absolute atomic E-state index is 0.103. The van der Waals surface area contributed by atoms with Crippen molar-refractivity contribution in [1.29, 1.82) is 0 Å². The average Bonchev–Trinajstić information content (AvgIpc) is 2.93. The van der Waals surface area contributed by atoms with Gasteiger partial charge in [-0.15, -0.1) is 11.3 Å². The minimum Gasteiger partial charge on any atom is -0.335 e. The van der Waals surface area contributed by atoms with Crippen LogP contribution in [0, 0.1) is 6.92 Å². The molecular weight excluding hydrogens is 318 g/mol. The number of hydrogen-bond acceptors (Lipinski definition) is 4. The number of carbonyl (C=O) groups excluding carboxylic acids is 1. The summed E-state index contributed by atoms with van der Waals surface area (Å²) in [6, 6.07) is -0.140. The molecule has 1 aliphatic carbocycles. The third kappa shape index (κ3) is 4.78. The fourth-order valence-corrected chi connectivity index (χ4v) is 4.88. The van der Waals surface area contributed by atoms with Crippen LogP contribution in [0.2, 0.25) is 0 Å². The van der Waals surface area contributed by atoms with Crippen LogP contribution in [0.25, 0.3) is 0 Å². The van der Waals surface area contributed by atoms with Crippen LogP contribution in [0.1, 0.15) is 56.3 Å². The molecule has 1 saturated carbocycles. The van der Waals surface area contributed by atoms with Crippen molar-refractivity contribution in [3.63, 3.8) is 0 Å². The van der Waals surface area contributed by atoms with Crippen molar-refractivity contribution < 1.29 is 9.00 Å². The Labute approximate surface area is 138 Å². The van der Waals surface area contributed by atoms with Gasteiger partial charge in [-0.1, -0.05) is 13.3 Å². The Hall–Kier alpha value is -0.950. The van der Waals surface area contributed by atoms with Crippen molar-refractivity contribution in [2.45, 2.75) is 63.8 Å². The van der Waals surface area contributed by atoms with Crippen molar-refractivity contribution in [3.8, 4) is 0 Å². The van der Waals surface area contributed by atoms with E-state index in [4.69, 9.17) is 0 Å². The van der Waals surface area contributed by atoms with Crippen LogP contribution in [0.15, 0.2) is 5.38 Å². The minimum atomic E-state index is -0.767. The number of thiazole rings is 1. The Balaban J connectivity index is 1.82. The van der Waals surface area contributed by atoms with E-state index in [1.165, 1.54) is 0 Å². The first-order valence-corrected chi connectivity index (χ1v) is 10.1. The van der Waals surface area contributed by atoms with Gasteiger partial charge >= 0.3 is 6.03 Å². The topological polar surface area (TPSA) is 71.1 Å². The molecule has 2 rings (SSSR count). The molecule has 2 amide bonds. The second kappa shape index (κ2) is 8.06. The molecule has 0 saturated heterocycles. The smallest absolute Gasteiger partial charge is 0.315 e. The van der Waals surface area contributed by atoms with Gasteiger partial charge in [-0.2, -0.15) is 0 Å². The van der Waals surface area contributed by atoms with Gasteiger partial charge in [0.25, 0.3) is 0 Å². The van der Waals surface area contributed by atoms with Gasteiger partial charge < -0.3 is 10.6 Å². The summed E-state index contributed by atoms with van der Waals surface area (Å²) in [6.07, 6.45) is 3.82. The second-order valence-corrected chi connectivity index (χ2v) is 8.85. The Kier molecular flexibility index (Phi) is 6.37. The Bertz CT molecular complexity index is 533. The van der Waals surface area contributed by atoms with Crippen LogP contribution in [0.4, 0.5) is 4.79 Å². The van der Waals surface area contributed by atoms with Gasteiger partial charge in [-0.05, 0) is 33.1 Å². The zero-order chi connectivity index (χ0) is 16.1. The van der Waals surface area contributed by atoms with Crippen molar-refractivity contribution in [2.75, 3.05) is 5.75 Å². The molecule has 124 valence electrons. The molecule has 1 aromatic rings. The fourth-order valence-electron chi connectivity index (χ4n) is 2.83. The number of rotatable bonds is 5. The maximum atomic E-state index is 12.1. The van der Waals surface area contributed by atoms with E-state index in [9.17, 15) is 9.00 Å². The maximum absolute atomic E-state index is 12.1. The lowest BCUT2D eigenvalue weighted by Gasteiger charge is -2.29. The van der Waals surface area contributed by atoms with E-state index in [1.54, 1.807) is 11.3 Å². The molecule has 1 aromatic heterocycles. The van der Waals surface area contributed by atoms with Gasteiger partial charge in [0.2, 0.25) is 0 Å². The van der Waals surface area contributed by atoms with Crippen molar-refractivity contribution in [2.24, 2.45) is 0 Å². The first kappa shape index (κ1) is 17.4. The number of amides is 2. The van der Waals surface area contributed by atoms with Crippen LogP contribution >= 0.6 is 11.3 Å². The summed E-state index contributed by atoms with van der Waals surface area (Å²) in [7, 11) is -0.767. The van der Waals surface area contributed by atoms with Crippen LogP contribution in [0.3, 0.4) is 0 Å². The van der Waals surface area contributed by atoms with Gasteiger partial charge in [-0.25, -0.2) is 9.78 Å². The number of urea groups is 1. The van der Waals surface area contributed by atoms with Gasteiger partial charge in [0.15, 0.2) is 0 Å². The highest BCUT2D eigenvalue weighted by atomic mass is 32.2. The third-order valence-electron chi connectivity index (χ3n) is 4.05. The highest BCUT2D eigenvalue weighted by Gasteiger charge is 2.26. The second-order valence-electron chi connectivity index (χ2n) is 5.79. The Morgan fingerprint density at radius 3 is 2.95 bits per heavy atom. The molecule has 4 atom stereocenters. The maximum Gasteiger partial charge on any atom is 0.315 e. The number of carbonyl (C=O) groups is 1. The summed E-state index contributed by atoms with van der Waals surface area (Å²) in [5.74, 6) is 0.698. The highest BCUT2D eigenvalue weighted by molar-refractivity contribution is 7.85. The molecule has 0 bridgehead atoms. The molecule has 0 unspecified atom stereocenters. The molecule has 5 nitrogen and oxygen atoms in total. The van der Waals surface area contributed by atoms with Gasteiger partial charge in [0.1, 0.15) is 0 Å².